The van der Waals surface area contributed by atoms with Crippen LogP contribution in [0.3, 0.4) is 0 Å². The molecule has 0 aromatic heterocycles. The van der Waals surface area contributed by atoms with E-state index in [4.69, 9.17) is 8.92 Å². The van der Waals surface area contributed by atoms with Crippen LogP contribution < -0.4 is 4.18 Å². The Hall–Kier alpha value is -1.40. The number of ether oxygens (including phenoxy) is 1. The molecule has 1 saturated heterocycles. The van der Waals surface area contributed by atoms with E-state index in [1.165, 1.54) is 0 Å². The van der Waals surface area contributed by atoms with Crippen molar-refractivity contribution in [2.45, 2.75) is 45.1 Å². The summed E-state index contributed by atoms with van der Waals surface area (Å²) < 4.78 is 34.6. The van der Waals surface area contributed by atoms with E-state index in [1.54, 1.807) is 31.2 Å². The number of benzene rings is 1. The monoisotopic (exact) mass is 326 g/mol. The van der Waals surface area contributed by atoms with Crippen molar-refractivity contribution in [1.29, 1.82) is 0 Å². The highest BCUT2D eigenvalue weighted by Crippen LogP contribution is 2.19. The van der Waals surface area contributed by atoms with Gasteiger partial charge in [-0.3, -0.25) is 0 Å². The van der Waals surface area contributed by atoms with Crippen molar-refractivity contribution < 1.29 is 22.1 Å². The molecule has 22 heavy (non-hydrogen) atoms. The summed E-state index contributed by atoms with van der Waals surface area (Å²) in [7, 11) is -3.65. The van der Waals surface area contributed by atoms with Crippen LogP contribution in [0.2, 0.25) is 0 Å². The van der Waals surface area contributed by atoms with Crippen LogP contribution in [0.5, 0.6) is 5.75 Å². The predicted octanol–water partition coefficient (Wildman–Crippen LogP) is 2.49. The van der Waals surface area contributed by atoms with Gasteiger partial charge in [0.25, 0.3) is 0 Å². The molecule has 0 aliphatic carbocycles. The lowest BCUT2D eigenvalue weighted by Crippen LogP contribution is -2.29. The zero-order valence-corrected chi connectivity index (χ0v) is 13.6. The second-order valence-electron chi connectivity index (χ2n) is 5.64. The number of ketones is 1. The Morgan fingerprint density at radius 2 is 2.00 bits per heavy atom. The van der Waals surface area contributed by atoms with Crippen LogP contribution in [0.25, 0.3) is 0 Å². The Kier molecular flexibility index (Phi) is 5.97. The smallest absolute Gasteiger partial charge is 0.311 e. The van der Waals surface area contributed by atoms with Crippen LogP contribution in [-0.2, 0) is 26.1 Å². The normalized spacial score (nSPS) is 18.9. The summed E-state index contributed by atoms with van der Waals surface area (Å²) in [6.07, 6.45) is 3.60. The van der Waals surface area contributed by atoms with Gasteiger partial charge in [0.15, 0.2) is 0 Å². The van der Waals surface area contributed by atoms with Crippen LogP contribution >= 0.6 is 0 Å². The molecule has 0 N–H and O–H groups in total. The van der Waals surface area contributed by atoms with Crippen molar-refractivity contribution in [2.75, 3.05) is 12.4 Å². The minimum absolute atomic E-state index is 0.112. The molecule has 5 nitrogen and oxygen atoms in total. The number of hydrogen-bond donors (Lipinski definition) is 0. The average Bonchev–Trinajstić information content (AvgIpc) is 2.46. The van der Waals surface area contributed by atoms with Crippen LogP contribution in [0.1, 0.15) is 38.2 Å². The maximum atomic E-state index is 12.0. The van der Waals surface area contributed by atoms with Gasteiger partial charge in [0.1, 0.15) is 17.3 Å². The largest absolute Gasteiger partial charge is 0.382 e. The number of rotatable bonds is 7. The standard InChI is InChI=1S/C16H22O5S/c1-13(17)5-6-14-7-9-15(10-8-14)21-22(18,19)12-16-4-2-3-11-20-16/h7-10,16H,2-6,11-12H2,1H3/t16-/m0/s1. The molecule has 1 aromatic rings. The Labute approximate surface area is 131 Å². The fraction of sp³-hybridized carbons (Fsp3) is 0.562. The van der Waals surface area contributed by atoms with E-state index in [2.05, 4.69) is 0 Å². The molecule has 0 amide bonds. The van der Waals surface area contributed by atoms with E-state index in [-0.39, 0.29) is 17.6 Å². The molecule has 0 radical (unpaired) electrons. The molecule has 122 valence electrons. The highest BCUT2D eigenvalue weighted by molar-refractivity contribution is 7.87. The number of Topliss-reactive ketones (excluding diaryl/α,β-unsaturated/α-hetero) is 1. The number of carbonyl (C=O) groups excluding carboxylic acids is 1. The molecular weight excluding hydrogens is 304 g/mol. The van der Waals surface area contributed by atoms with Gasteiger partial charge < -0.3 is 13.7 Å². The summed E-state index contributed by atoms with van der Waals surface area (Å²) in [6.45, 7) is 2.17. The summed E-state index contributed by atoms with van der Waals surface area (Å²) in [6, 6.07) is 6.80. The lowest BCUT2D eigenvalue weighted by Gasteiger charge is -2.22. The van der Waals surface area contributed by atoms with Crippen LogP contribution in [-0.4, -0.2) is 32.7 Å². The first-order valence-corrected chi connectivity index (χ1v) is 9.14. The van der Waals surface area contributed by atoms with Gasteiger partial charge >= 0.3 is 10.1 Å². The molecular formula is C16H22O5S. The SMILES string of the molecule is CC(=O)CCc1ccc(OS(=O)(=O)C[C@@H]2CCCCO2)cc1. The summed E-state index contributed by atoms with van der Waals surface area (Å²) >= 11 is 0. The fourth-order valence-electron chi connectivity index (χ4n) is 2.38. The number of hydrogen-bond acceptors (Lipinski definition) is 5. The molecule has 0 bridgehead atoms. The van der Waals surface area contributed by atoms with E-state index in [0.717, 1.165) is 24.8 Å². The third-order valence-corrected chi connectivity index (χ3v) is 4.80. The van der Waals surface area contributed by atoms with Crippen LogP contribution in [0, 0.1) is 0 Å². The maximum Gasteiger partial charge on any atom is 0.311 e. The zero-order chi connectivity index (χ0) is 16.0. The van der Waals surface area contributed by atoms with Crippen molar-refractivity contribution in [2.24, 2.45) is 0 Å². The number of aryl methyl sites for hydroxylation is 1. The van der Waals surface area contributed by atoms with Gasteiger partial charge in [-0.05, 0) is 50.3 Å². The summed E-state index contributed by atoms with van der Waals surface area (Å²) in [5, 5.41) is 0. The summed E-state index contributed by atoms with van der Waals surface area (Å²) in [4.78, 5) is 10.9. The van der Waals surface area contributed by atoms with E-state index < -0.39 is 10.1 Å². The van der Waals surface area contributed by atoms with Gasteiger partial charge in [-0.15, -0.1) is 0 Å². The number of carbonyl (C=O) groups is 1. The van der Waals surface area contributed by atoms with Crippen LogP contribution in [0.15, 0.2) is 24.3 Å². The molecule has 0 saturated carbocycles. The van der Waals surface area contributed by atoms with E-state index >= 15 is 0 Å². The van der Waals surface area contributed by atoms with Crippen molar-refractivity contribution in [3.05, 3.63) is 29.8 Å². The zero-order valence-electron chi connectivity index (χ0n) is 12.8. The Morgan fingerprint density at radius 3 is 2.59 bits per heavy atom. The molecule has 1 aliphatic rings. The third-order valence-electron chi connectivity index (χ3n) is 3.58. The lowest BCUT2D eigenvalue weighted by atomic mass is 10.1. The summed E-state index contributed by atoms with van der Waals surface area (Å²) in [5.41, 5.74) is 0.982. The maximum absolute atomic E-state index is 12.0. The molecule has 6 heteroatoms. The minimum atomic E-state index is -3.65. The van der Waals surface area contributed by atoms with Gasteiger partial charge in [-0.1, -0.05) is 12.1 Å². The molecule has 1 aromatic carbocycles. The quantitative estimate of drug-likeness (QED) is 0.720. The first-order valence-electron chi connectivity index (χ1n) is 7.57. The van der Waals surface area contributed by atoms with Gasteiger partial charge in [0.2, 0.25) is 0 Å². The Morgan fingerprint density at radius 1 is 1.27 bits per heavy atom. The first-order chi connectivity index (χ1) is 10.4. The van der Waals surface area contributed by atoms with Crippen molar-refractivity contribution >= 4 is 15.9 Å². The molecule has 0 spiro atoms. The lowest BCUT2D eigenvalue weighted by molar-refractivity contribution is -0.116. The average molecular weight is 326 g/mol. The van der Waals surface area contributed by atoms with Crippen LogP contribution in [0.4, 0.5) is 0 Å². The van der Waals surface area contributed by atoms with Crippen molar-refractivity contribution in [3.8, 4) is 5.75 Å². The predicted molar refractivity (Wildman–Crippen MR) is 83.4 cm³/mol. The fourth-order valence-corrected chi connectivity index (χ4v) is 3.57. The van der Waals surface area contributed by atoms with E-state index in [0.29, 0.717) is 25.2 Å². The highest BCUT2D eigenvalue weighted by atomic mass is 32.2. The van der Waals surface area contributed by atoms with Gasteiger partial charge in [-0.25, -0.2) is 0 Å². The van der Waals surface area contributed by atoms with Gasteiger partial charge in [0, 0.05) is 13.0 Å². The first kappa shape index (κ1) is 17.0. The molecule has 0 unspecified atom stereocenters. The molecule has 1 aliphatic heterocycles. The van der Waals surface area contributed by atoms with E-state index in [1.807, 2.05) is 0 Å². The molecule has 1 heterocycles. The highest BCUT2D eigenvalue weighted by Gasteiger charge is 2.23. The topological polar surface area (TPSA) is 69.7 Å². The second kappa shape index (κ2) is 7.74. The van der Waals surface area contributed by atoms with Gasteiger partial charge in [0.05, 0.1) is 6.10 Å². The Bertz CT molecular complexity index is 585. The molecule has 1 fully saturated rings. The van der Waals surface area contributed by atoms with E-state index in [9.17, 15) is 13.2 Å². The van der Waals surface area contributed by atoms with Crippen molar-refractivity contribution in [1.82, 2.24) is 0 Å². The summed E-state index contributed by atoms with van der Waals surface area (Å²) in [5.74, 6) is 0.316. The van der Waals surface area contributed by atoms with Gasteiger partial charge in [-0.2, -0.15) is 8.42 Å². The third kappa shape index (κ3) is 5.77. The molecule has 1 atom stereocenters. The molecule has 2 rings (SSSR count). The Balaban J connectivity index is 1.89. The van der Waals surface area contributed by atoms with Crippen molar-refractivity contribution in [3.63, 3.8) is 0 Å². The minimum Gasteiger partial charge on any atom is -0.382 e. The second-order valence-corrected chi connectivity index (χ2v) is 7.26.